The third-order valence-corrected chi connectivity index (χ3v) is 3.22. The van der Waals surface area contributed by atoms with E-state index in [4.69, 9.17) is 5.26 Å². The van der Waals surface area contributed by atoms with Crippen LogP contribution in [0.1, 0.15) is 5.56 Å². The predicted molar refractivity (Wildman–Crippen MR) is 75.2 cm³/mol. The van der Waals surface area contributed by atoms with Crippen molar-refractivity contribution in [2.75, 3.05) is 5.32 Å². The fourth-order valence-corrected chi connectivity index (χ4v) is 2.04. The van der Waals surface area contributed by atoms with Gasteiger partial charge in [0.2, 0.25) is 0 Å². The van der Waals surface area contributed by atoms with E-state index in [1.165, 1.54) is 24.3 Å². The first-order chi connectivity index (χ1) is 9.52. The van der Waals surface area contributed by atoms with Crippen molar-refractivity contribution in [3.05, 3.63) is 62.4 Å². The number of hydrogen-bond donors (Lipinski definition) is 1. The van der Waals surface area contributed by atoms with Crippen LogP contribution in [0.4, 0.5) is 21.5 Å². The van der Waals surface area contributed by atoms with Gasteiger partial charge >= 0.3 is 0 Å². The summed E-state index contributed by atoms with van der Waals surface area (Å²) in [5, 5.41) is 22.4. The summed E-state index contributed by atoms with van der Waals surface area (Å²) >= 11 is 3.20. The van der Waals surface area contributed by atoms with Crippen LogP contribution in [0, 0.1) is 27.3 Å². The molecule has 0 atom stereocenters. The van der Waals surface area contributed by atoms with E-state index in [0.717, 1.165) is 6.07 Å². The van der Waals surface area contributed by atoms with Crippen molar-refractivity contribution in [2.24, 2.45) is 0 Å². The van der Waals surface area contributed by atoms with Crippen LogP contribution in [0.15, 0.2) is 40.9 Å². The summed E-state index contributed by atoms with van der Waals surface area (Å²) in [5.41, 5.74) is 0.329. The molecule has 0 fully saturated rings. The lowest BCUT2D eigenvalue weighted by molar-refractivity contribution is -0.384. The van der Waals surface area contributed by atoms with Crippen molar-refractivity contribution >= 4 is 33.0 Å². The SMILES string of the molecule is N#Cc1cc([N+](=O)[O-])ccc1Nc1c(F)cccc1Br. The van der Waals surface area contributed by atoms with Crippen LogP contribution in [0.3, 0.4) is 0 Å². The molecule has 2 aromatic rings. The summed E-state index contributed by atoms with van der Waals surface area (Å²) in [4.78, 5) is 10.1. The first-order valence-electron chi connectivity index (χ1n) is 5.42. The zero-order valence-corrected chi connectivity index (χ0v) is 11.5. The van der Waals surface area contributed by atoms with E-state index in [-0.39, 0.29) is 16.9 Å². The van der Waals surface area contributed by atoms with Gasteiger partial charge in [0.05, 0.1) is 21.9 Å². The Kier molecular flexibility index (Phi) is 3.96. The van der Waals surface area contributed by atoms with Gasteiger partial charge in [0.25, 0.3) is 5.69 Å². The third-order valence-electron chi connectivity index (χ3n) is 2.56. The van der Waals surface area contributed by atoms with Crippen molar-refractivity contribution < 1.29 is 9.31 Å². The number of rotatable bonds is 3. The van der Waals surface area contributed by atoms with Gasteiger partial charge in [-0.1, -0.05) is 6.07 Å². The number of nitrogens with one attached hydrogen (secondary N) is 1. The maximum Gasteiger partial charge on any atom is 0.270 e. The van der Waals surface area contributed by atoms with Gasteiger partial charge < -0.3 is 5.32 Å². The smallest absolute Gasteiger partial charge is 0.270 e. The Bertz CT molecular complexity index is 708. The lowest BCUT2D eigenvalue weighted by atomic mass is 10.1. The Morgan fingerprint density at radius 1 is 1.35 bits per heavy atom. The topological polar surface area (TPSA) is 79.0 Å². The van der Waals surface area contributed by atoms with Gasteiger partial charge in [-0.25, -0.2) is 4.39 Å². The number of nitro groups is 1. The minimum Gasteiger partial charge on any atom is -0.351 e. The molecule has 2 aromatic carbocycles. The molecule has 1 N–H and O–H groups in total. The molecule has 0 aliphatic carbocycles. The molecule has 0 aromatic heterocycles. The van der Waals surface area contributed by atoms with Crippen molar-refractivity contribution in [1.82, 2.24) is 0 Å². The second kappa shape index (κ2) is 5.67. The van der Waals surface area contributed by atoms with Gasteiger partial charge in [0.1, 0.15) is 11.9 Å². The summed E-state index contributed by atoms with van der Waals surface area (Å²) in [6.07, 6.45) is 0. The number of anilines is 2. The number of nitrogens with zero attached hydrogens (tertiary/aromatic N) is 2. The quantitative estimate of drug-likeness (QED) is 0.676. The van der Waals surface area contributed by atoms with Gasteiger partial charge in [-0.3, -0.25) is 10.1 Å². The number of hydrogen-bond acceptors (Lipinski definition) is 4. The number of benzene rings is 2. The van der Waals surface area contributed by atoms with Crippen LogP contribution in [0.25, 0.3) is 0 Å². The number of nitro benzene ring substituents is 1. The standard InChI is InChI=1S/C13H7BrFN3O2/c14-10-2-1-3-11(15)13(10)17-12-5-4-9(18(19)20)6-8(12)7-16/h1-6,17H. The molecular formula is C13H7BrFN3O2. The van der Waals surface area contributed by atoms with Crippen LogP contribution in [0.5, 0.6) is 0 Å². The van der Waals surface area contributed by atoms with Crippen molar-refractivity contribution in [3.63, 3.8) is 0 Å². The molecule has 0 aliphatic rings. The van der Waals surface area contributed by atoms with Crippen molar-refractivity contribution in [3.8, 4) is 6.07 Å². The summed E-state index contributed by atoms with van der Waals surface area (Å²) < 4.78 is 14.2. The van der Waals surface area contributed by atoms with E-state index in [9.17, 15) is 14.5 Å². The number of halogens is 2. The first kappa shape index (κ1) is 14.0. The summed E-state index contributed by atoms with van der Waals surface area (Å²) in [6.45, 7) is 0. The number of nitriles is 1. The summed E-state index contributed by atoms with van der Waals surface area (Å²) in [6, 6.07) is 10.0. The molecule has 5 nitrogen and oxygen atoms in total. The Morgan fingerprint density at radius 2 is 2.10 bits per heavy atom. The van der Waals surface area contributed by atoms with E-state index < -0.39 is 10.7 Å². The lowest BCUT2D eigenvalue weighted by Gasteiger charge is -2.10. The maximum atomic E-state index is 13.7. The monoisotopic (exact) mass is 335 g/mol. The van der Waals surface area contributed by atoms with Crippen molar-refractivity contribution in [1.29, 1.82) is 5.26 Å². The number of para-hydroxylation sites is 1. The molecule has 0 radical (unpaired) electrons. The lowest BCUT2D eigenvalue weighted by Crippen LogP contribution is -1.98. The van der Waals surface area contributed by atoms with E-state index in [1.807, 2.05) is 6.07 Å². The fraction of sp³-hybridized carbons (Fsp3) is 0. The van der Waals surface area contributed by atoms with E-state index >= 15 is 0 Å². The molecule has 0 saturated carbocycles. The second-order valence-electron chi connectivity index (χ2n) is 3.82. The van der Waals surface area contributed by atoms with Gasteiger partial charge in [0, 0.05) is 16.6 Å². The molecule has 0 spiro atoms. The molecule has 0 saturated heterocycles. The number of non-ortho nitro benzene ring substituents is 1. The van der Waals surface area contributed by atoms with Gasteiger partial charge in [0.15, 0.2) is 0 Å². The molecular weight excluding hydrogens is 329 g/mol. The van der Waals surface area contributed by atoms with Crippen LogP contribution in [-0.4, -0.2) is 4.92 Å². The highest BCUT2D eigenvalue weighted by Gasteiger charge is 2.13. The average Bonchev–Trinajstić information content (AvgIpc) is 2.43. The highest BCUT2D eigenvalue weighted by Crippen LogP contribution is 2.31. The van der Waals surface area contributed by atoms with Crippen LogP contribution in [-0.2, 0) is 0 Å². The molecule has 0 amide bonds. The highest BCUT2D eigenvalue weighted by molar-refractivity contribution is 9.10. The molecule has 0 bridgehead atoms. The third kappa shape index (κ3) is 2.75. The van der Waals surface area contributed by atoms with Gasteiger partial charge in [-0.2, -0.15) is 5.26 Å². The predicted octanol–water partition coefficient (Wildman–Crippen LogP) is 4.11. The zero-order chi connectivity index (χ0) is 14.7. The first-order valence-corrected chi connectivity index (χ1v) is 6.22. The Labute approximate surface area is 121 Å². The highest BCUT2D eigenvalue weighted by atomic mass is 79.9. The molecule has 0 unspecified atom stereocenters. The fourth-order valence-electron chi connectivity index (χ4n) is 1.60. The molecule has 7 heteroatoms. The molecule has 100 valence electrons. The minimum atomic E-state index is -0.594. The van der Waals surface area contributed by atoms with Crippen LogP contribution >= 0.6 is 15.9 Å². The summed E-state index contributed by atoms with van der Waals surface area (Å²) in [5.74, 6) is -0.499. The van der Waals surface area contributed by atoms with E-state index in [0.29, 0.717) is 10.2 Å². The average molecular weight is 336 g/mol. The zero-order valence-electron chi connectivity index (χ0n) is 9.93. The molecule has 0 aliphatic heterocycles. The normalized spacial score (nSPS) is 9.85. The van der Waals surface area contributed by atoms with E-state index in [1.54, 1.807) is 6.07 Å². The van der Waals surface area contributed by atoms with Crippen LogP contribution < -0.4 is 5.32 Å². The maximum absolute atomic E-state index is 13.7. The Hall–Kier alpha value is -2.46. The molecule has 20 heavy (non-hydrogen) atoms. The molecule has 2 rings (SSSR count). The molecule has 0 heterocycles. The summed E-state index contributed by atoms with van der Waals surface area (Å²) in [7, 11) is 0. The Morgan fingerprint density at radius 3 is 2.70 bits per heavy atom. The largest absolute Gasteiger partial charge is 0.351 e. The second-order valence-corrected chi connectivity index (χ2v) is 4.67. The van der Waals surface area contributed by atoms with Crippen molar-refractivity contribution in [2.45, 2.75) is 0 Å². The van der Waals surface area contributed by atoms with Gasteiger partial charge in [-0.05, 0) is 34.1 Å². The van der Waals surface area contributed by atoms with Crippen LogP contribution in [0.2, 0.25) is 0 Å². The van der Waals surface area contributed by atoms with E-state index in [2.05, 4.69) is 21.2 Å². The van der Waals surface area contributed by atoms with Gasteiger partial charge in [-0.15, -0.1) is 0 Å². The Balaban J connectivity index is 2.44. The minimum absolute atomic E-state index is 0.0642.